The number of halogens is 2. The van der Waals surface area contributed by atoms with Crippen molar-refractivity contribution in [1.29, 1.82) is 0 Å². The zero-order chi connectivity index (χ0) is 12.4. The molecular formula is C11H9BrFN3O. The number of hydrogen-bond acceptors (Lipinski definition) is 2. The number of anilines is 1. The zero-order valence-corrected chi connectivity index (χ0v) is 10.5. The van der Waals surface area contributed by atoms with Gasteiger partial charge in [-0.1, -0.05) is 15.9 Å². The first-order valence-corrected chi connectivity index (χ1v) is 5.64. The summed E-state index contributed by atoms with van der Waals surface area (Å²) >= 11 is 3.26. The highest BCUT2D eigenvalue weighted by Gasteiger charge is 2.14. The van der Waals surface area contributed by atoms with Crippen molar-refractivity contribution in [3.8, 4) is 0 Å². The van der Waals surface area contributed by atoms with Crippen LogP contribution in [0.25, 0.3) is 0 Å². The molecule has 0 bridgehead atoms. The molecule has 17 heavy (non-hydrogen) atoms. The zero-order valence-electron chi connectivity index (χ0n) is 8.92. The lowest BCUT2D eigenvalue weighted by atomic mass is 10.1. The fraction of sp³-hybridized carbons (Fsp3) is 0.0909. The number of carbonyl (C=O) groups is 1. The van der Waals surface area contributed by atoms with Gasteiger partial charge in [0.25, 0.3) is 5.91 Å². The number of nitrogens with zero attached hydrogens (tertiary/aromatic N) is 1. The summed E-state index contributed by atoms with van der Waals surface area (Å²) in [5, 5.41) is 8.80. The largest absolute Gasteiger partial charge is 0.305 e. The Balaban J connectivity index is 2.28. The van der Waals surface area contributed by atoms with Crippen molar-refractivity contribution in [3.63, 3.8) is 0 Å². The van der Waals surface area contributed by atoms with Crippen LogP contribution in [0.2, 0.25) is 0 Å². The van der Waals surface area contributed by atoms with E-state index in [1.165, 1.54) is 12.1 Å². The van der Waals surface area contributed by atoms with E-state index in [-0.39, 0.29) is 5.56 Å². The summed E-state index contributed by atoms with van der Waals surface area (Å²) in [5.74, 6) is -0.736. The molecule has 4 nitrogen and oxygen atoms in total. The van der Waals surface area contributed by atoms with E-state index in [4.69, 9.17) is 0 Å². The summed E-state index contributed by atoms with van der Waals surface area (Å²) in [4.78, 5) is 11.8. The van der Waals surface area contributed by atoms with Crippen LogP contribution in [0.15, 0.2) is 28.9 Å². The number of aromatic nitrogens is 2. The highest BCUT2D eigenvalue weighted by molar-refractivity contribution is 9.10. The monoisotopic (exact) mass is 297 g/mol. The van der Waals surface area contributed by atoms with Crippen LogP contribution in [0.5, 0.6) is 0 Å². The summed E-state index contributed by atoms with van der Waals surface area (Å²) in [6, 6.07) is 4.34. The molecule has 0 spiro atoms. The normalized spacial score (nSPS) is 10.3. The van der Waals surface area contributed by atoms with Gasteiger partial charge in [0.1, 0.15) is 5.82 Å². The Labute approximate surface area is 105 Å². The van der Waals surface area contributed by atoms with Crippen LogP contribution in [0.4, 0.5) is 10.2 Å². The van der Waals surface area contributed by atoms with Crippen molar-refractivity contribution in [1.82, 2.24) is 10.2 Å². The van der Waals surface area contributed by atoms with Gasteiger partial charge in [-0.05, 0) is 24.6 Å². The molecule has 0 aliphatic carbocycles. The highest BCUT2D eigenvalue weighted by atomic mass is 79.9. The van der Waals surface area contributed by atoms with Gasteiger partial charge in [0.05, 0.1) is 5.56 Å². The van der Waals surface area contributed by atoms with E-state index in [0.717, 1.165) is 5.56 Å². The predicted molar refractivity (Wildman–Crippen MR) is 65.4 cm³/mol. The summed E-state index contributed by atoms with van der Waals surface area (Å²) < 4.78 is 14.3. The first-order valence-electron chi connectivity index (χ1n) is 4.84. The predicted octanol–water partition coefficient (Wildman–Crippen LogP) is 2.87. The quantitative estimate of drug-likeness (QED) is 0.895. The molecule has 1 heterocycles. The topological polar surface area (TPSA) is 57.8 Å². The number of carbonyl (C=O) groups excluding carboxylic acids is 1. The molecule has 2 aromatic rings. The molecule has 0 radical (unpaired) electrons. The molecule has 0 fully saturated rings. The van der Waals surface area contributed by atoms with Gasteiger partial charge in [-0.15, -0.1) is 0 Å². The Kier molecular flexibility index (Phi) is 3.23. The average Bonchev–Trinajstić information content (AvgIpc) is 2.76. The van der Waals surface area contributed by atoms with E-state index in [0.29, 0.717) is 10.3 Å². The molecule has 1 aromatic carbocycles. The molecule has 6 heteroatoms. The second-order valence-electron chi connectivity index (χ2n) is 3.49. The lowest BCUT2D eigenvalue weighted by molar-refractivity contribution is 0.102. The maximum atomic E-state index is 13.6. The third kappa shape index (κ3) is 2.52. The van der Waals surface area contributed by atoms with Gasteiger partial charge < -0.3 is 5.32 Å². The Morgan fingerprint density at radius 3 is 2.94 bits per heavy atom. The van der Waals surface area contributed by atoms with E-state index >= 15 is 0 Å². The number of nitrogens with one attached hydrogen (secondary N) is 2. The van der Waals surface area contributed by atoms with E-state index in [1.54, 1.807) is 19.2 Å². The van der Waals surface area contributed by atoms with Crippen LogP contribution in [0.3, 0.4) is 0 Å². The molecule has 0 atom stereocenters. The van der Waals surface area contributed by atoms with Crippen LogP contribution in [-0.4, -0.2) is 16.1 Å². The summed E-state index contributed by atoms with van der Waals surface area (Å²) in [7, 11) is 0. The van der Waals surface area contributed by atoms with Crippen LogP contribution in [0, 0.1) is 12.7 Å². The highest BCUT2D eigenvalue weighted by Crippen LogP contribution is 2.21. The van der Waals surface area contributed by atoms with Gasteiger partial charge in [0, 0.05) is 16.7 Å². The third-order valence-electron chi connectivity index (χ3n) is 2.24. The minimum Gasteiger partial charge on any atom is -0.305 e. The summed E-state index contributed by atoms with van der Waals surface area (Å²) in [5.41, 5.74) is 0.712. The Morgan fingerprint density at radius 2 is 2.29 bits per heavy atom. The van der Waals surface area contributed by atoms with E-state index in [1.807, 2.05) is 0 Å². The Hall–Kier alpha value is -1.69. The fourth-order valence-corrected chi connectivity index (χ4v) is 1.68. The smallest absolute Gasteiger partial charge is 0.259 e. The number of rotatable bonds is 2. The molecule has 0 aliphatic heterocycles. The SMILES string of the molecule is Cc1cc(F)c(C(=O)Nc2cc[nH]n2)cc1Br. The summed E-state index contributed by atoms with van der Waals surface area (Å²) in [6.45, 7) is 1.75. The van der Waals surface area contributed by atoms with Crippen LogP contribution >= 0.6 is 15.9 Å². The molecule has 1 aromatic heterocycles. The van der Waals surface area contributed by atoms with Gasteiger partial charge in [0.15, 0.2) is 5.82 Å². The maximum Gasteiger partial charge on any atom is 0.259 e. The minimum atomic E-state index is -0.557. The lowest BCUT2D eigenvalue weighted by Crippen LogP contribution is -2.14. The standard InChI is InChI=1S/C11H9BrFN3O/c1-6-4-9(13)7(5-8(6)12)11(17)15-10-2-3-14-16-10/h2-5H,1H3,(H2,14,15,16,17). The first-order chi connectivity index (χ1) is 8.08. The fourth-order valence-electron chi connectivity index (χ4n) is 1.33. The Morgan fingerprint density at radius 1 is 1.53 bits per heavy atom. The second-order valence-corrected chi connectivity index (χ2v) is 4.35. The number of hydrogen-bond donors (Lipinski definition) is 2. The van der Waals surface area contributed by atoms with Gasteiger partial charge in [-0.3, -0.25) is 9.89 Å². The van der Waals surface area contributed by atoms with Crippen LogP contribution in [-0.2, 0) is 0 Å². The second kappa shape index (κ2) is 4.67. The van der Waals surface area contributed by atoms with Crippen LogP contribution in [0.1, 0.15) is 15.9 Å². The number of amides is 1. The number of H-pyrrole nitrogens is 1. The van der Waals surface area contributed by atoms with Crippen molar-refractivity contribution in [3.05, 3.63) is 45.8 Å². The lowest BCUT2D eigenvalue weighted by Gasteiger charge is -2.06. The van der Waals surface area contributed by atoms with Crippen molar-refractivity contribution in [2.45, 2.75) is 6.92 Å². The maximum absolute atomic E-state index is 13.6. The van der Waals surface area contributed by atoms with Crippen molar-refractivity contribution < 1.29 is 9.18 Å². The molecule has 2 rings (SSSR count). The van der Waals surface area contributed by atoms with Gasteiger partial charge in [-0.2, -0.15) is 5.10 Å². The molecule has 88 valence electrons. The molecule has 2 N–H and O–H groups in total. The third-order valence-corrected chi connectivity index (χ3v) is 3.09. The van der Waals surface area contributed by atoms with Gasteiger partial charge >= 0.3 is 0 Å². The average molecular weight is 298 g/mol. The number of aryl methyl sites for hydroxylation is 1. The Bertz CT molecular complexity index is 554. The molecular weight excluding hydrogens is 289 g/mol. The summed E-state index contributed by atoms with van der Waals surface area (Å²) in [6.07, 6.45) is 1.57. The molecule has 0 unspecified atom stereocenters. The van der Waals surface area contributed by atoms with E-state index in [2.05, 4.69) is 31.4 Å². The number of benzene rings is 1. The number of aromatic amines is 1. The van der Waals surface area contributed by atoms with Gasteiger partial charge in [0.2, 0.25) is 0 Å². The molecule has 0 aliphatic rings. The first kappa shape index (κ1) is 11.8. The van der Waals surface area contributed by atoms with E-state index < -0.39 is 11.7 Å². The minimum absolute atomic E-state index is 0.0227. The molecule has 1 amide bonds. The van der Waals surface area contributed by atoms with Gasteiger partial charge in [-0.25, -0.2) is 4.39 Å². The van der Waals surface area contributed by atoms with Crippen molar-refractivity contribution >= 4 is 27.7 Å². The van der Waals surface area contributed by atoms with Crippen molar-refractivity contribution in [2.24, 2.45) is 0 Å². The molecule has 0 saturated heterocycles. The molecule has 0 saturated carbocycles. The van der Waals surface area contributed by atoms with Crippen molar-refractivity contribution in [2.75, 3.05) is 5.32 Å². The van der Waals surface area contributed by atoms with E-state index in [9.17, 15) is 9.18 Å². The van der Waals surface area contributed by atoms with Crippen LogP contribution < -0.4 is 5.32 Å².